The van der Waals surface area contributed by atoms with E-state index in [9.17, 15) is 0 Å². The summed E-state index contributed by atoms with van der Waals surface area (Å²) in [5.74, 6) is 0. The first-order chi connectivity index (χ1) is 5.66. The molecule has 1 atom stereocenters. The molecule has 0 amide bonds. The summed E-state index contributed by atoms with van der Waals surface area (Å²) in [5.41, 5.74) is 0. The molecule has 5 heteroatoms. The van der Waals surface area contributed by atoms with Gasteiger partial charge in [0.05, 0.1) is 23.9 Å². The molecule has 68 valence electrons. The molecular weight excluding hydrogens is 290 g/mol. The number of hydrogen-bond acceptors (Lipinski definition) is 2. The summed E-state index contributed by atoms with van der Waals surface area (Å²) in [7, 11) is 1.68. The maximum absolute atomic E-state index is 5.84. The number of methoxy groups -OCH3 is 1. The fraction of sp³-hybridized carbons (Fsp3) is 0.571. The van der Waals surface area contributed by atoms with Gasteiger partial charge < -0.3 is 4.74 Å². The lowest BCUT2D eigenvalue weighted by atomic mass is 10.4. The Morgan fingerprint density at radius 2 is 2.50 bits per heavy atom. The van der Waals surface area contributed by atoms with Gasteiger partial charge in [0.1, 0.15) is 3.70 Å². The Hall–Kier alpha value is 0.190. The van der Waals surface area contributed by atoms with Crippen LogP contribution in [0.4, 0.5) is 0 Å². The number of halogens is 2. The van der Waals surface area contributed by atoms with Gasteiger partial charge in [-0.15, -0.1) is 0 Å². The van der Waals surface area contributed by atoms with E-state index in [-0.39, 0.29) is 6.04 Å². The summed E-state index contributed by atoms with van der Waals surface area (Å²) in [4.78, 5) is 0. The Balaban J connectivity index is 2.80. The van der Waals surface area contributed by atoms with Crippen molar-refractivity contribution in [3.8, 4) is 0 Å². The second-order valence-electron chi connectivity index (χ2n) is 2.53. The van der Waals surface area contributed by atoms with Gasteiger partial charge in [0.2, 0.25) is 0 Å². The Morgan fingerprint density at radius 3 is 2.92 bits per heavy atom. The summed E-state index contributed by atoms with van der Waals surface area (Å²) >= 11 is 8.01. The maximum atomic E-state index is 5.84. The van der Waals surface area contributed by atoms with Crippen molar-refractivity contribution in [2.24, 2.45) is 0 Å². The van der Waals surface area contributed by atoms with E-state index in [0.29, 0.717) is 11.6 Å². The molecule has 0 spiro atoms. The Morgan fingerprint density at radius 1 is 1.83 bits per heavy atom. The van der Waals surface area contributed by atoms with Crippen LogP contribution in [0.15, 0.2) is 6.20 Å². The van der Waals surface area contributed by atoms with E-state index >= 15 is 0 Å². The zero-order valence-electron chi connectivity index (χ0n) is 6.92. The molecule has 1 aromatic heterocycles. The fourth-order valence-electron chi connectivity index (χ4n) is 0.945. The first-order valence-corrected chi connectivity index (χ1v) is 5.00. The van der Waals surface area contributed by atoms with Crippen molar-refractivity contribution in [2.45, 2.75) is 13.0 Å². The minimum Gasteiger partial charge on any atom is -0.382 e. The highest BCUT2D eigenvalue weighted by molar-refractivity contribution is 14.1. The van der Waals surface area contributed by atoms with E-state index in [2.05, 4.69) is 27.7 Å². The molecule has 0 unspecified atom stereocenters. The van der Waals surface area contributed by atoms with Crippen LogP contribution in [0.1, 0.15) is 13.0 Å². The van der Waals surface area contributed by atoms with Gasteiger partial charge in [0, 0.05) is 7.11 Å². The van der Waals surface area contributed by atoms with Crippen LogP contribution in [0.3, 0.4) is 0 Å². The van der Waals surface area contributed by atoms with Crippen LogP contribution < -0.4 is 0 Å². The molecule has 12 heavy (non-hydrogen) atoms. The van der Waals surface area contributed by atoms with Crippen molar-refractivity contribution in [1.29, 1.82) is 0 Å². The molecule has 3 nitrogen and oxygen atoms in total. The molecule has 0 aliphatic carbocycles. The average Bonchev–Trinajstić information content (AvgIpc) is 2.34. The Labute approximate surface area is 90.2 Å². The van der Waals surface area contributed by atoms with E-state index < -0.39 is 0 Å². The fourth-order valence-corrected chi connectivity index (χ4v) is 1.81. The molecule has 0 fully saturated rings. The molecule has 1 aromatic rings. The minimum atomic E-state index is 0.231. The topological polar surface area (TPSA) is 27.1 Å². The largest absolute Gasteiger partial charge is 0.382 e. The summed E-state index contributed by atoms with van der Waals surface area (Å²) in [6, 6.07) is 0.231. The third kappa shape index (κ3) is 2.11. The van der Waals surface area contributed by atoms with Crippen molar-refractivity contribution in [1.82, 2.24) is 9.78 Å². The van der Waals surface area contributed by atoms with Gasteiger partial charge in [-0.25, -0.2) is 0 Å². The summed E-state index contributed by atoms with van der Waals surface area (Å²) in [6.07, 6.45) is 1.65. The highest BCUT2D eigenvalue weighted by Gasteiger charge is 2.11. The van der Waals surface area contributed by atoms with Gasteiger partial charge >= 0.3 is 0 Å². The lowest BCUT2D eigenvalue weighted by Gasteiger charge is -2.11. The van der Waals surface area contributed by atoms with Crippen LogP contribution in [0.5, 0.6) is 0 Å². The number of rotatable bonds is 3. The highest BCUT2D eigenvalue weighted by Crippen LogP contribution is 2.20. The Bertz CT molecular complexity index is 264. The first-order valence-electron chi connectivity index (χ1n) is 3.54. The van der Waals surface area contributed by atoms with E-state index in [0.717, 1.165) is 3.70 Å². The lowest BCUT2D eigenvalue weighted by molar-refractivity contribution is 0.156. The lowest BCUT2D eigenvalue weighted by Crippen LogP contribution is -2.13. The van der Waals surface area contributed by atoms with Gasteiger partial charge in [0.15, 0.2) is 0 Å². The van der Waals surface area contributed by atoms with Crippen LogP contribution in [0, 0.1) is 3.70 Å². The van der Waals surface area contributed by atoms with Crippen molar-refractivity contribution >= 4 is 34.2 Å². The van der Waals surface area contributed by atoms with Crippen LogP contribution >= 0.6 is 34.2 Å². The predicted octanol–water partition coefficient (Wildman–Crippen LogP) is 2.35. The quantitative estimate of drug-likeness (QED) is 0.801. The molecule has 0 bridgehead atoms. The molecule has 1 rings (SSSR count). The van der Waals surface area contributed by atoms with Crippen molar-refractivity contribution < 1.29 is 4.74 Å². The number of aromatic nitrogens is 2. The van der Waals surface area contributed by atoms with Crippen molar-refractivity contribution in [3.63, 3.8) is 0 Å². The normalized spacial score (nSPS) is 13.3. The molecule has 0 aliphatic rings. The summed E-state index contributed by atoms with van der Waals surface area (Å²) in [6.45, 7) is 2.68. The Kier molecular flexibility index (Phi) is 3.79. The van der Waals surface area contributed by atoms with E-state index in [1.54, 1.807) is 13.3 Å². The second kappa shape index (κ2) is 4.43. The zero-order chi connectivity index (χ0) is 9.14. The van der Waals surface area contributed by atoms with E-state index in [1.807, 2.05) is 11.6 Å². The minimum absolute atomic E-state index is 0.231. The van der Waals surface area contributed by atoms with Crippen LogP contribution in [-0.2, 0) is 4.74 Å². The molecule has 1 heterocycles. The highest BCUT2D eigenvalue weighted by atomic mass is 127. The second-order valence-corrected chi connectivity index (χ2v) is 3.96. The van der Waals surface area contributed by atoms with Crippen molar-refractivity contribution in [2.75, 3.05) is 13.7 Å². The van der Waals surface area contributed by atoms with Crippen molar-refractivity contribution in [3.05, 3.63) is 14.9 Å². The van der Waals surface area contributed by atoms with Crippen LogP contribution in [0.25, 0.3) is 0 Å². The molecule has 0 radical (unpaired) electrons. The van der Waals surface area contributed by atoms with Gasteiger partial charge in [0.25, 0.3) is 0 Å². The van der Waals surface area contributed by atoms with Gasteiger partial charge in [-0.2, -0.15) is 5.10 Å². The molecule has 0 saturated heterocycles. The van der Waals surface area contributed by atoms with E-state index in [4.69, 9.17) is 16.3 Å². The average molecular weight is 301 g/mol. The first kappa shape index (κ1) is 10.3. The molecular formula is C7H10ClIN2O. The number of nitrogens with zero attached hydrogens (tertiary/aromatic N) is 2. The predicted molar refractivity (Wildman–Crippen MR) is 56.5 cm³/mol. The molecule has 0 aromatic carbocycles. The standard InChI is InChI=1S/C7H10ClIN2O/c1-5(4-12-2)11-7(9)6(8)3-10-11/h3,5H,4H2,1-2H3/t5-/m1/s1. The monoisotopic (exact) mass is 300 g/mol. The molecule has 0 saturated carbocycles. The smallest absolute Gasteiger partial charge is 0.118 e. The third-order valence-electron chi connectivity index (χ3n) is 1.52. The summed E-state index contributed by atoms with van der Waals surface area (Å²) in [5, 5.41) is 4.82. The molecule has 0 aliphatic heterocycles. The number of hydrogen-bond donors (Lipinski definition) is 0. The SMILES string of the molecule is COC[C@@H](C)n1ncc(Cl)c1I. The molecule has 0 N–H and O–H groups in total. The summed E-state index contributed by atoms with van der Waals surface area (Å²) < 4.78 is 7.83. The number of ether oxygens (including phenoxy) is 1. The van der Waals surface area contributed by atoms with Gasteiger partial charge in [-0.05, 0) is 29.5 Å². The third-order valence-corrected chi connectivity index (χ3v) is 3.19. The van der Waals surface area contributed by atoms with Gasteiger partial charge in [-0.3, -0.25) is 4.68 Å². The van der Waals surface area contributed by atoms with Crippen LogP contribution in [0.2, 0.25) is 5.02 Å². The zero-order valence-corrected chi connectivity index (χ0v) is 9.83. The van der Waals surface area contributed by atoms with Gasteiger partial charge in [-0.1, -0.05) is 11.6 Å². The van der Waals surface area contributed by atoms with E-state index in [1.165, 1.54) is 0 Å². The van der Waals surface area contributed by atoms with Crippen LogP contribution in [-0.4, -0.2) is 23.5 Å². The maximum Gasteiger partial charge on any atom is 0.118 e.